The number of halogens is 2. The molecule has 1 rings (SSSR count). The van der Waals surface area contributed by atoms with Gasteiger partial charge in [0.2, 0.25) is 0 Å². The van der Waals surface area contributed by atoms with Crippen LogP contribution >= 0.6 is 0 Å². The Kier molecular flexibility index (Phi) is 1.47. The smallest absolute Gasteiger partial charge is 0.137 e. The third kappa shape index (κ3) is 1.25. The van der Waals surface area contributed by atoms with Crippen LogP contribution in [0.2, 0.25) is 0 Å². The van der Waals surface area contributed by atoms with Crippen LogP contribution in [0.25, 0.3) is 0 Å². The maximum absolute atomic E-state index is 12.3. The molecule has 0 N–H and O–H groups in total. The molecule has 0 fully saturated rings. The van der Waals surface area contributed by atoms with E-state index in [1.165, 1.54) is 6.92 Å². The minimum atomic E-state index is -0.710. The maximum Gasteiger partial charge on any atom is 0.137 e. The Bertz CT molecular complexity index is 218. The number of hydrogen-bond acceptors (Lipinski definition) is 0. The van der Waals surface area contributed by atoms with Gasteiger partial charge in [0.15, 0.2) is 0 Å². The molecule has 2 radical (unpaired) electrons. The molecular formula is C7H4F2. The van der Waals surface area contributed by atoms with Crippen molar-refractivity contribution in [3.63, 3.8) is 0 Å². The third-order valence-electron chi connectivity index (χ3n) is 0.974. The summed E-state index contributed by atoms with van der Waals surface area (Å²) in [5.41, 5.74) is 0.288. The van der Waals surface area contributed by atoms with Crippen LogP contribution in [0.15, 0.2) is 6.07 Å². The highest BCUT2D eigenvalue weighted by atomic mass is 19.1. The molecule has 2 heteroatoms. The zero-order valence-corrected chi connectivity index (χ0v) is 4.83. The van der Waals surface area contributed by atoms with Gasteiger partial charge in [-0.3, -0.25) is 0 Å². The summed E-state index contributed by atoms with van der Waals surface area (Å²) in [5, 5.41) is 0. The first-order chi connectivity index (χ1) is 4.20. The number of rotatable bonds is 0. The molecule has 0 nitrogen and oxygen atoms in total. The standard InChI is InChI=1S/C7H4F2/c1-5-2-3-6(8)4-7(5)9/h3H,1H3. The van der Waals surface area contributed by atoms with Gasteiger partial charge in [-0.05, 0) is 24.6 Å². The molecule has 0 aromatic heterocycles. The van der Waals surface area contributed by atoms with E-state index in [0.29, 0.717) is 0 Å². The SMILES string of the molecule is Cc1[c]cc(F)[c]c1F. The van der Waals surface area contributed by atoms with Crippen molar-refractivity contribution in [2.45, 2.75) is 6.92 Å². The Hall–Kier alpha value is -0.920. The molecule has 9 heavy (non-hydrogen) atoms. The van der Waals surface area contributed by atoms with Crippen LogP contribution in [-0.4, -0.2) is 0 Å². The maximum atomic E-state index is 12.3. The molecule has 0 saturated carbocycles. The van der Waals surface area contributed by atoms with Crippen LogP contribution in [0.3, 0.4) is 0 Å². The summed E-state index contributed by atoms with van der Waals surface area (Å²) >= 11 is 0. The van der Waals surface area contributed by atoms with Gasteiger partial charge in [-0.2, -0.15) is 0 Å². The second-order valence-electron chi connectivity index (χ2n) is 1.70. The first-order valence-corrected chi connectivity index (χ1v) is 2.46. The number of benzene rings is 1. The Labute approximate surface area is 52.1 Å². The summed E-state index contributed by atoms with van der Waals surface area (Å²) in [7, 11) is 0. The summed E-state index contributed by atoms with van der Waals surface area (Å²) in [4.78, 5) is 0. The van der Waals surface area contributed by atoms with Gasteiger partial charge in [0.05, 0.1) is 6.07 Å². The summed E-state index contributed by atoms with van der Waals surface area (Å²) in [6.45, 7) is 1.51. The molecule has 1 aromatic rings. The molecule has 0 bridgehead atoms. The van der Waals surface area contributed by atoms with Crippen molar-refractivity contribution in [1.82, 2.24) is 0 Å². The van der Waals surface area contributed by atoms with E-state index in [1.807, 2.05) is 6.07 Å². The van der Waals surface area contributed by atoms with Crippen molar-refractivity contribution in [2.75, 3.05) is 0 Å². The highest BCUT2D eigenvalue weighted by molar-refractivity contribution is 5.13. The molecule has 0 atom stereocenters. The van der Waals surface area contributed by atoms with Crippen molar-refractivity contribution in [1.29, 1.82) is 0 Å². The molecule has 46 valence electrons. The van der Waals surface area contributed by atoms with Gasteiger partial charge in [0, 0.05) is 0 Å². The molecule has 0 spiro atoms. The normalized spacial score (nSPS) is 9.67. The molecule has 0 heterocycles. The first kappa shape index (κ1) is 6.20. The Morgan fingerprint density at radius 2 is 2.11 bits per heavy atom. The molecule has 0 aliphatic heterocycles. The topological polar surface area (TPSA) is 0 Å². The van der Waals surface area contributed by atoms with Crippen LogP contribution < -0.4 is 0 Å². The summed E-state index contributed by atoms with van der Waals surface area (Å²) in [5.74, 6) is -1.38. The molecule has 0 amide bonds. The molecule has 1 aromatic carbocycles. The van der Waals surface area contributed by atoms with Crippen molar-refractivity contribution >= 4 is 0 Å². The van der Waals surface area contributed by atoms with Crippen molar-refractivity contribution in [2.24, 2.45) is 0 Å². The van der Waals surface area contributed by atoms with E-state index in [9.17, 15) is 8.78 Å². The van der Waals surface area contributed by atoms with Crippen molar-refractivity contribution in [3.05, 3.63) is 35.4 Å². The molecule has 0 unspecified atom stereocenters. The fraction of sp³-hybridized carbons (Fsp3) is 0.143. The van der Waals surface area contributed by atoms with Crippen LogP contribution in [0.4, 0.5) is 8.78 Å². The van der Waals surface area contributed by atoms with Gasteiger partial charge in [-0.1, -0.05) is 0 Å². The average Bonchev–Trinajstić information content (AvgIpc) is 1.80. The number of hydrogen-bond donors (Lipinski definition) is 0. The van der Waals surface area contributed by atoms with Gasteiger partial charge >= 0.3 is 0 Å². The second-order valence-corrected chi connectivity index (χ2v) is 1.70. The van der Waals surface area contributed by atoms with Gasteiger partial charge in [-0.25, -0.2) is 8.78 Å². The van der Waals surface area contributed by atoms with E-state index in [2.05, 4.69) is 6.07 Å². The fourth-order valence-corrected chi connectivity index (χ4v) is 0.470. The lowest BCUT2D eigenvalue weighted by Crippen LogP contribution is -1.83. The van der Waals surface area contributed by atoms with Crippen molar-refractivity contribution in [3.8, 4) is 0 Å². The largest absolute Gasteiger partial charge is 0.206 e. The second kappa shape index (κ2) is 2.13. The summed E-state index contributed by atoms with van der Waals surface area (Å²) in [6, 6.07) is 5.31. The highest BCUT2D eigenvalue weighted by Gasteiger charge is 1.97. The minimum Gasteiger partial charge on any atom is -0.206 e. The van der Waals surface area contributed by atoms with Crippen molar-refractivity contribution < 1.29 is 8.78 Å². The zero-order valence-electron chi connectivity index (χ0n) is 4.83. The van der Waals surface area contributed by atoms with E-state index in [1.54, 1.807) is 0 Å². The molecule has 0 aliphatic rings. The highest BCUT2D eigenvalue weighted by Crippen LogP contribution is 2.04. The monoisotopic (exact) mass is 126 g/mol. The van der Waals surface area contributed by atoms with E-state index in [4.69, 9.17) is 0 Å². The summed E-state index contributed by atoms with van der Waals surface area (Å²) in [6.07, 6.45) is 0. The first-order valence-electron chi connectivity index (χ1n) is 2.46. The lowest BCUT2D eigenvalue weighted by molar-refractivity contribution is 0.573. The van der Waals surface area contributed by atoms with Crippen LogP contribution in [0.1, 0.15) is 5.56 Å². The van der Waals surface area contributed by atoms with E-state index in [0.717, 1.165) is 6.07 Å². The average molecular weight is 126 g/mol. The van der Waals surface area contributed by atoms with Crippen LogP contribution in [0.5, 0.6) is 0 Å². The predicted octanol–water partition coefficient (Wildman–Crippen LogP) is 1.87. The molecular weight excluding hydrogens is 122 g/mol. The molecule has 0 saturated heterocycles. The minimum absolute atomic E-state index is 0.288. The predicted molar refractivity (Wildman–Crippen MR) is 28.8 cm³/mol. The van der Waals surface area contributed by atoms with E-state index >= 15 is 0 Å². The molecule has 0 aliphatic carbocycles. The van der Waals surface area contributed by atoms with E-state index in [-0.39, 0.29) is 5.56 Å². The Morgan fingerprint density at radius 1 is 1.44 bits per heavy atom. The van der Waals surface area contributed by atoms with Gasteiger partial charge in [-0.15, -0.1) is 0 Å². The Balaban J connectivity index is 3.17. The quantitative estimate of drug-likeness (QED) is 0.497. The third-order valence-corrected chi connectivity index (χ3v) is 0.974. The van der Waals surface area contributed by atoms with Gasteiger partial charge in [0.25, 0.3) is 0 Å². The van der Waals surface area contributed by atoms with Crippen LogP contribution in [-0.2, 0) is 0 Å². The summed E-state index contributed by atoms with van der Waals surface area (Å²) < 4.78 is 24.3. The lowest BCUT2D eigenvalue weighted by Gasteiger charge is -1.90. The lowest BCUT2D eigenvalue weighted by atomic mass is 10.2. The van der Waals surface area contributed by atoms with Gasteiger partial charge in [0.1, 0.15) is 11.6 Å². The van der Waals surface area contributed by atoms with E-state index < -0.39 is 11.6 Å². The van der Waals surface area contributed by atoms with Gasteiger partial charge < -0.3 is 0 Å². The number of aryl methyl sites for hydroxylation is 1. The zero-order chi connectivity index (χ0) is 6.85. The van der Waals surface area contributed by atoms with Crippen LogP contribution in [0, 0.1) is 30.7 Å². The Morgan fingerprint density at radius 3 is 2.56 bits per heavy atom. The fourth-order valence-electron chi connectivity index (χ4n) is 0.470.